The highest BCUT2D eigenvalue weighted by molar-refractivity contribution is 7.89. The number of anilines is 1. The molecule has 0 bridgehead atoms. The lowest BCUT2D eigenvalue weighted by atomic mass is 10.2. The number of sulfonamides is 1. The Kier molecular flexibility index (Phi) is 3.47. The lowest BCUT2D eigenvalue weighted by Gasteiger charge is -2.23. The maximum atomic E-state index is 12.5. The standard InChI is InChI=1S/C16H18N2O2S/c1-12-7-9-14(10-8-12)21(19,20)17-16-11-13-5-3-4-6-15(13)18(16)2/h3-10,16-17H,11H2,1-2H3. The van der Waals surface area contributed by atoms with E-state index in [4.69, 9.17) is 0 Å². The first kappa shape index (κ1) is 14.1. The first-order chi connectivity index (χ1) is 9.97. The van der Waals surface area contributed by atoms with Crippen molar-refractivity contribution in [3.63, 3.8) is 0 Å². The second-order valence-electron chi connectivity index (χ2n) is 5.39. The zero-order chi connectivity index (χ0) is 15.0. The van der Waals surface area contributed by atoms with E-state index in [0.717, 1.165) is 16.8 Å². The lowest BCUT2D eigenvalue weighted by Crippen LogP contribution is -2.44. The van der Waals surface area contributed by atoms with Crippen LogP contribution in [-0.2, 0) is 16.4 Å². The Hall–Kier alpha value is -1.85. The smallest absolute Gasteiger partial charge is 0.242 e. The maximum absolute atomic E-state index is 12.5. The topological polar surface area (TPSA) is 49.4 Å². The number of benzene rings is 2. The zero-order valence-electron chi connectivity index (χ0n) is 12.1. The summed E-state index contributed by atoms with van der Waals surface area (Å²) >= 11 is 0. The fourth-order valence-electron chi connectivity index (χ4n) is 2.63. The van der Waals surface area contributed by atoms with Crippen LogP contribution in [-0.4, -0.2) is 21.6 Å². The molecule has 2 aromatic rings. The van der Waals surface area contributed by atoms with E-state index in [0.29, 0.717) is 11.3 Å². The number of hydrogen-bond acceptors (Lipinski definition) is 3. The van der Waals surface area contributed by atoms with Crippen LogP contribution in [0.15, 0.2) is 53.4 Å². The Morgan fingerprint density at radius 1 is 1.10 bits per heavy atom. The molecule has 1 aliphatic heterocycles. The predicted molar refractivity (Wildman–Crippen MR) is 83.8 cm³/mol. The van der Waals surface area contributed by atoms with Gasteiger partial charge in [-0.2, -0.15) is 4.72 Å². The number of rotatable bonds is 3. The summed E-state index contributed by atoms with van der Waals surface area (Å²) in [6.07, 6.45) is 0.436. The number of likely N-dealkylation sites (N-methyl/N-ethyl adjacent to an activating group) is 1. The van der Waals surface area contributed by atoms with Gasteiger partial charge in [-0.25, -0.2) is 8.42 Å². The van der Waals surface area contributed by atoms with Crippen LogP contribution in [0.2, 0.25) is 0 Å². The number of nitrogens with zero attached hydrogens (tertiary/aromatic N) is 1. The molecule has 4 nitrogen and oxygen atoms in total. The number of para-hydroxylation sites is 1. The van der Waals surface area contributed by atoms with Crippen molar-refractivity contribution in [1.29, 1.82) is 0 Å². The van der Waals surface area contributed by atoms with Gasteiger partial charge in [0.25, 0.3) is 0 Å². The first-order valence-electron chi connectivity index (χ1n) is 6.87. The van der Waals surface area contributed by atoms with Gasteiger partial charge in [0.15, 0.2) is 0 Å². The van der Waals surface area contributed by atoms with E-state index >= 15 is 0 Å². The van der Waals surface area contributed by atoms with E-state index in [1.54, 1.807) is 12.1 Å². The Balaban J connectivity index is 1.83. The van der Waals surface area contributed by atoms with Crippen LogP contribution in [0, 0.1) is 6.92 Å². The largest absolute Gasteiger partial charge is 0.358 e. The van der Waals surface area contributed by atoms with E-state index in [-0.39, 0.29) is 6.17 Å². The Bertz CT molecular complexity index is 754. The van der Waals surface area contributed by atoms with Gasteiger partial charge in [0.1, 0.15) is 0 Å². The molecule has 2 aromatic carbocycles. The van der Waals surface area contributed by atoms with Crippen LogP contribution in [0.4, 0.5) is 5.69 Å². The van der Waals surface area contributed by atoms with Crippen LogP contribution in [0.3, 0.4) is 0 Å². The van der Waals surface area contributed by atoms with Gasteiger partial charge in [-0.1, -0.05) is 35.9 Å². The summed E-state index contributed by atoms with van der Waals surface area (Å²) in [5.41, 5.74) is 3.28. The molecule has 0 saturated carbocycles. The van der Waals surface area contributed by atoms with Crippen LogP contribution in [0.25, 0.3) is 0 Å². The van der Waals surface area contributed by atoms with Gasteiger partial charge >= 0.3 is 0 Å². The highest BCUT2D eigenvalue weighted by Crippen LogP contribution is 2.30. The molecule has 1 aliphatic rings. The second kappa shape index (κ2) is 5.16. The molecule has 1 atom stereocenters. The van der Waals surface area contributed by atoms with Crippen molar-refractivity contribution in [2.45, 2.75) is 24.4 Å². The van der Waals surface area contributed by atoms with E-state index in [9.17, 15) is 8.42 Å². The number of nitrogens with one attached hydrogen (secondary N) is 1. The molecule has 3 rings (SSSR count). The van der Waals surface area contributed by atoms with Gasteiger partial charge in [-0.15, -0.1) is 0 Å². The average Bonchev–Trinajstić information content (AvgIpc) is 2.76. The van der Waals surface area contributed by atoms with Gasteiger partial charge in [-0.3, -0.25) is 0 Å². The molecule has 110 valence electrons. The molecule has 21 heavy (non-hydrogen) atoms. The molecule has 0 amide bonds. The monoisotopic (exact) mass is 302 g/mol. The molecule has 0 radical (unpaired) electrons. The molecule has 0 aromatic heterocycles. The molecule has 0 spiro atoms. The Labute approximate surface area is 125 Å². The summed E-state index contributed by atoms with van der Waals surface area (Å²) in [5, 5.41) is 0. The molecule has 5 heteroatoms. The van der Waals surface area contributed by atoms with Gasteiger partial charge in [0.05, 0.1) is 11.1 Å². The third-order valence-corrected chi connectivity index (χ3v) is 5.35. The molecule has 0 saturated heterocycles. The minimum atomic E-state index is -3.50. The normalized spacial score (nSPS) is 17.8. The van der Waals surface area contributed by atoms with Crippen molar-refractivity contribution in [2.75, 3.05) is 11.9 Å². The highest BCUT2D eigenvalue weighted by Gasteiger charge is 2.30. The minimum absolute atomic E-state index is 0.242. The lowest BCUT2D eigenvalue weighted by molar-refractivity contribution is 0.552. The van der Waals surface area contributed by atoms with Gasteiger partial charge in [-0.05, 0) is 30.7 Å². The zero-order valence-corrected chi connectivity index (χ0v) is 12.9. The Morgan fingerprint density at radius 2 is 1.76 bits per heavy atom. The van der Waals surface area contributed by atoms with Gasteiger partial charge < -0.3 is 4.90 Å². The van der Waals surface area contributed by atoms with Crippen molar-refractivity contribution in [2.24, 2.45) is 0 Å². The summed E-state index contributed by atoms with van der Waals surface area (Å²) in [5.74, 6) is 0. The fraction of sp³-hybridized carbons (Fsp3) is 0.250. The molecule has 1 heterocycles. The Morgan fingerprint density at radius 3 is 2.43 bits per heavy atom. The van der Waals surface area contributed by atoms with E-state index in [1.165, 1.54) is 0 Å². The van der Waals surface area contributed by atoms with Crippen molar-refractivity contribution in [3.8, 4) is 0 Å². The predicted octanol–water partition coefficient (Wildman–Crippen LogP) is 2.29. The molecule has 0 fully saturated rings. The second-order valence-corrected chi connectivity index (χ2v) is 7.11. The van der Waals surface area contributed by atoms with Crippen molar-refractivity contribution >= 4 is 15.7 Å². The first-order valence-corrected chi connectivity index (χ1v) is 8.35. The van der Waals surface area contributed by atoms with Crippen LogP contribution < -0.4 is 9.62 Å². The van der Waals surface area contributed by atoms with Crippen LogP contribution >= 0.6 is 0 Å². The van der Waals surface area contributed by atoms with Crippen molar-refractivity contribution in [3.05, 3.63) is 59.7 Å². The fourth-order valence-corrected chi connectivity index (χ4v) is 3.86. The highest BCUT2D eigenvalue weighted by atomic mass is 32.2. The third kappa shape index (κ3) is 2.66. The molecule has 1 unspecified atom stereocenters. The number of aryl methyl sites for hydroxylation is 1. The summed E-state index contributed by atoms with van der Waals surface area (Å²) in [6, 6.07) is 14.9. The number of fused-ring (bicyclic) bond motifs is 1. The van der Waals surface area contributed by atoms with Crippen LogP contribution in [0.1, 0.15) is 11.1 Å². The average molecular weight is 302 g/mol. The summed E-state index contributed by atoms with van der Waals surface area (Å²) < 4.78 is 27.7. The van der Waals surface area contributed by atoms with E-state index < -0.39 is 10.0 Å². The summed E-state index contributed by atoms with van der Waals surface area (Å²) in [6.45, 7) is 1.94. The molecule has 0 aliphatic carbocycles. The molecular formula is C16H18N2O2S. The van der Waals surface area contributed by atoms with Gasteiger partial charge in [0.2, 0.25) is 10.0 Å². The van der Waals surface area contributed by atoms with E-state index in [2.05, 4.69) is 4.72 Å². The SMILES string of the molecule is Cc1ccc(S(=O)(=O)NC2Cc3ccccc3N2C)cc1. The van der Waals surface area contributed by atoms with Gasteiger partial charge in [0, 0.05) is 19.2 Å². The van der Waals surface area contributed by atoms with E-state index in [1.807, 2.05) is 55.3 Å². The minimum Gasteiger partial charge on any atom is -0.358 e. The molecular weight excluding hydrogens is 284 g/mol. The summed E-state index contributed by atoms with van der Waals surface area (Å²) in [7, 11) is -1.59. The molecule has 1 N–H and O–H groups in total. The van der Waals surface area contributed by atoms with Crippen molar-refractivity contribution in [1.82, 2.24) is 4.72 Å². The van der Waals surface area contributed by atoms with Crippen LogP contribution in [0.5, 0.6) is 0 Å². The summed E-state index contributed by atoms with van der Waals surface area (Å²) in [4.78, 5) is 2.28. The quantitative estimate of drug-likeness (QED) is 0.946. The van der Waals surface area contributed by atoms with Crippen molar-refractivity contribution < 1.29 is 8.42 Å². The number of hydrogen-bond donors (Lipinski definition) is 1. The maximum Gasteiger partial charge on any atom is 0.242 e. The third-order valence-electron chi connectivity index (χ3n) is 3.87.